The van der Waals surface area contributed by atoms with E-state index in [2.05, 4.69) is 31.4 Å². The van der Waals surface area contributed by atoms with Crippen LogP contribution in [0.3, 0.4) is 0 Å². The van der Waals surface area contributed by atoms with Crippen molar-refractivity contribution in [2.24, 2.45) is 5.41 Å². The number of hydrogen-bond acceptors (Lipinski definition) is 2. The standard InChI is InChI=1S/C12H20OS/c1-3-7-12(2,10-13)8-6-11-5-4-9-14-11/h4-5,9,13H,3,6-8,10H2,1-2H3. The number of aryl methyl sites for hydroxylation is 1. The molecule has 0 saturated heterocycles. The second-order valence-electron chi connectivity index (χ2n) is 4.30. The van der Waals surface area contributed by atoms with Gasteiger partial charge in [-0.05, 0) is 36.1 Å². The van der Waals surface area contributed by atoms with E-state index in [0.29, 0.717) is 6.61 Å². The first-order valence-electron chi connectivity index (χ1n) is 5.33. The van der Waals surface area contributed by atoms with Crippen LogP contribution >= 0.6 is 11.3 Å². The highest BCUT2D eigenvalue weighted by atomic mass is 32.1. The maximum absolute atomic E-state index is 9.35. The third-order valence-electron chi connectivity index (χ3n) is 2.79. The molecule has 1 unspecified atom stereocenters. The minimum Gasteiger partial charge on any atom is -0.396 e. The summed E-state index contributed by atoms with van der Waals surface area (Å²) in [4.78, 5) is 1.43. The molecule has 1 N–H and O–H groups in total. The quantitative estimate of drug-likeness (QED) is 0.765. The molecule has 0 aromatic carbocycles. The predicted octanol–water partition coefficient (Wildman–Crippen LogP) is 3.48. The summed E-state index contributed by atoms with van der Waals surface area (Å²) < 4.78 is 0. The van der Waals surface area contributed by atoms with Crippen LogP contribution in [-0.2, 0) is 6.42 Å². The van der Waals surface area contributed by atoms with E-state index >= 15 is 0 Å². The first-order chi connectivity index (χ1) is 6.70. The van der Waals surface area contributed by atoms with Gasteiger partial charge in [0.05, 0.1) is 0 Å². The van der Waals surface area contributed by atoms with Gasteiger partial charge in [-0.15, -0.1) is 11.3 Å². The van der Waals surface area contributed by atoms with Gasteiger partial charge in [0.25, 0.3) is 0 Å². The van der Waals surface area contributed by atoms with Gasteiger partial charge in [-0.25, -0.2) is 0 Å². The number of rotatable bonds is 6. The Bertz CT molecular complexity index is 243. The number of aliphatic hydroxyl groups is 1. The van der Waals surface area contributed by atoms with Crippen LogP contribution in [-0.4, -0.2) is 11.7 Å². The van der Waals surface area contributed by atoms with Gasteiger partial charge in [0.15, 0.2) is 0 Å². The molecule has 0 bridgehead atoms. The molecule has 1 aromatic rings. The van der Waals surface area contributed by atoms with Crippen molar-refractivity contribution in [1.82, 2.24) is 0 Å². The predicted molar refractivity (Wildman–Crippen MR) is 62.7 cm³/mol. The summed E-state index contributed by atoms with van der Waals surface area (Å²) in [5.41, 5.74) is 0.124. The maximum Gasteiger partial charge on any atom is 0.0484 e. The van der Waals surface area contributed by atoms with Crippen LogP contribution in [0.5, 0.6) is 0 Å². The Balaban J connectivity index is 2.41. The third-order valence-corrected chi connectivity index (χ3v) is 3.73. The minimum absolute atomic E-state index is 0.124. The lowest BCUT2D eigenvalue weighted by atomic mass is 9.82. The highest BCUT2D eigenvalue weighted by Crippen LogP contribution is 2.29. The van der Waals surface area contributed by atoms with Crippen LogP contribution in [0, 0.1) is 5.41 Å². The van der Waals surface area contributed by atoms with Gasteiger partial charge in [0, 0.05) is 11.5 Å². The maximum atomic E-state index is 9.35. The van der Waals surface area contributed by atoms with E-state index in [1.54, 1.807) is 0 Å². The zero-order valence-electron chi connectivity index (χ0n) is 9.12. The molecule has 2 heteroatoms. The Labute approximate surface area is 90.8 Å². The number of aliphatic hydroxyl groups excluding tert-OH is 1. The average Bonchev–Trinajstić information content (AvgIpc) is 2.68. The van der Waals surface area contributed by atoms with Crippen molar-refractivity contribution < 1.29 is 5.11 Å². The van der Waals surface area contributed by atoms with Crippen molar-refractivity contribution in [2.75, 3.05) is 6.61 Å². The van der Waals surface area contributed by atoms with Gasteiger partial charge in [0.2, 0.25) is 0 Å². The summed E-state index contributed by atoms with van der Waals surface area (Å²) in [6.07, 6.45) is 4.48. The van der Waals surface area contributed by atoms with Crippen LogP contribution in [0.25, 0.3) is 0 Å². The van der Waals surface area contributed by atoms with Gasteiger partial charge in [-0.1, -0.05) is 26.3 Å². The molecule has 1 aromatic heterocycles. The molecule has 1 rings (SSSR count). The van der Waals surface area contributed by atoms with Gasteiger partial charge in [-0.3, -0.25) is 0 Å². The molecule has 0 amide bonds. The van der Waals surface area contributed by atoms with Crippen LogP contribution in [0.4, 0.5) is 0 Å². The van der Waals surface area contributed by atoms with Crippen LogP contribution < -0.4 is 0 Å². The fourth-order valence-corrected chi connectivity index (χ4v) is 2.48. The highest BCUT2D eigenvalue weighted by Gasteiger charge is 2.21. The molecule has 1 nitrogen and oxygen atoms in total. The Kier molecular flexibility index (Phi) is 4.63. The van der Waals surface area contributed by atoms with Crippen LogP contribution in [0.15, 0.2) is 17.5 Å². The summed E-state index contributed by atoms with van der Waals surface area (Å²) >= 11 is 1.81. The second kappa shape index (κ2) is 5.52. The van der Waals surface area contributed by atoms with Gasteiger partial charge in [0.1, 0.15) is 0 Å². The zero-order valence-corrected chi connectivity index (χ0v) is 9.94. The summed E-state index contributed by atoms with van der Waals surface area (Å²) in [5, 5.41) is 11.5. The molecule has 14 heavy (non-hydrogen) atoms. The molecule has 1 heterocycles. The topological polar surface area (TPSA) is 20.2 Å². The van der Waals surface area contributed by atoms with Crippen molar-refractivity contribution in [2.45, 2.75) is 39.5 Å². The van der Waals surface area contributed by atoms with E-state index in [1.807, 2.05) is 11.3 Å². The molecule has 0 saturated carbocycles. The van der Waals surface area contributed by atoms with E-state index in [0.717, 1.165) is 25.7 Å². The molecule has 0 spiro atoms. The Hall–Kier alpha value is -0.340. The SMILES string of the molecule is CCCC(C)(CO)CCc1cccs1. The van der Waals surface area contributed by atoms with Crippen LogP contribution in [0.1, 0.15) is 38.0 Å². The lowest BCUT2D eigenvalue weighted by Crippen LogP contribution is -2.21. The lowest BCUT2D eigenvalue weighted by molar-refractivity contribution is 0.122. The molecule has 0 aliphatic carbocycles. The smallest absolute Gasteiger partial charge is 0.0484 e. The molecule has 0 aliphatic heterocycles. The van der Waals surface area contributed by atoms with E-state index in [-0.39, 0.29) is 5.41 Å². The summed E-state index contributed by atoms with van der Waals surface area (Å²) in [6.45, 7) is 4.68. The molecule has 0 radical (unpaired) electrons. The number of thiophene rings is 1. The van der Waals surface area contributed by atoms with E-state index < -0.39 is 0 Å². The Morgan fingerprint density at radius 2 is 2.21 bits per heavy atom. The Morgan fingerprint density at radius 1 is 1.43 bits per heavy atom. The number of hydrogen-bond donors (Lipinski definition) is 1. The molecular formula is C12H20OS. The Morgan fingerprint density at radius 3 is 2.71 bits per heavy atom. The van der Waals surface area contributed by atoms with E-state index in [1.165, 1.54) is 4.88 Å². The second-order valence-corrected chi connectivity index (χ2v) is 5.33. The van der Waals surface area contributed by atoms with Crippen molar-refractivity contribution in [3.05, 3.63) is 22.4 Å². The molecular weight excluding hydrogens is 192 g/mol. The van der Waals surface area contributed by atoms with E-state index in [9.17, 15) is 5.11 Å². The van der Waals surface area contributed by atoms with Gasteiger partial charge >= 0.3 is 0 Å². The molecule has 80 valence electrons. The summed E-state index contributed by atoms with van der Waals surface area (Å²) in [5.74, 6) is 0. The fourth-order valence-electron chi connectivity index (χ4n) is 1.77. The first kappa shape index (κ1) is 11.7. The van der Waals surface area contributed by atoms with Crippen LogP contribution in [0.2, 0.25) is 0 Å². The highest BCUT2D eigenvalue weighted by molar-refractivity contribution is 7.09. The monoisotopic (exact) mass is 212 g/mol. The fraction of sp³-hybridized carbons (Fsp3) is 0.667. The lowest BCUT2D eigenvalue weighted by Gasteiger charge is -2.26. The first-order valence-corrected chi connectivity index (χ1v) is 6.21. The average molecular weight is 212 g/mol. The van der Waals surface area contributed by atoms with Crippen molar-refractivity contribution >= 4 is 11.3 Å². The molecule has 1 atom stereocenters. The van der Waals surface area contributed by atoms with Crippen molar-refractivity contribution in [1.29, 1.82) is 0 Å². The van der Waals surface area contributed by atoms with Crippen molar-refractivity contribution in [3.63, 3.8) is 0 Å². The summed E-state index contributed by atoms with van der Waals surface area (Å²) in [6, 6.07) is 4.27. The van der Waals surface area contributed by atoms with E-state index in [4.69, 9.17) is 0 Å². The zero-order chi connectivity index (χ0) is 10.4. The van der Waals surface area contributed by atoms with Gasteiger partial charge in [-0.2, -0.15) is 0 Å². The minimum atomic E-state index is 0.124. The normalized spacial score (nSPS) is 15.4. The molecule has 0 aliphatic rings. The summed E-state index contributed by atoms with van der Waals surface area (Å²) in [7, 11) is 0. The third kappa shape index (κ3) is 3.43. The van der Waals surface area contributed by atoms with Crippen molar-refractivity contribution in [3.8, 4) is 0 Å². The van der Waals surface area contributed by atoms with Gasteiger partial charge < -0.3 is 5.11 Å². The largest absolute Gasteiger partial charge is 0.396 e. The molecule has 0 fully saturated rings.